The summed E-state index contributed by atoms with van der Waals surface area (Å²) in [5.41, 5.74) is 3.23. The molecule has 0 radical (unpaired) electrons. The lowest BCUT2D eigenvalue weighted by atomic mass is 10.1. The van der Waals surface area contributed by atoms with Crippen LogP contribution in [0.1, 0.15) is 29.0 Å². The standard InChI is InChI=1S/C19H16ClN5O/c1-12(13-5-7-14(8-6-13)25-11-21-10-22-25)23-19(26)18-9-15-16(20)3-2-4-17(15)24-18/h2-12,24H,1H3,(H,23,26)/t12-/m1/s1. The number of carbonyl (C=O) groups excluding carboxylic acids is 1. The Labute approximate surface area is 154 Å². The Morgan fingerprint density at radius 3 is 2.73 bits per heavy atom. The average Bonchev–Trinajstić information content (AvgIpc) is 3.32. The molecule has 0 aliphatic heterocycles. The summed E-state index contributed by atoms with van der Waals surface area (Å²) in [6, 6.07) is 15.0. The summed E-state index contributed by atoms with van der Waals surface area (Å²) in [5, 5.41) is 8.55. The zero-order valence-corrected chi connectivity index (χ0v) is 14.7. The number of H-pyrrole nitrogens is 1. The summed E-state index contributed by atoms with van der Waals surface area (Å²) in [6.45, 7) is 1.94. The third kappa shape index (κ3) is 3.07. The van der Waals surface area contributed by atoms with Crippen molar-refractivity contribution in [1.29, 1.82) is 0 Å². The van der Waals surface area contributed by atoms with Crippen molar-refractivity contribution in [3.8, 4) is 5.69 Å². The molecule has 2 N–H and O–H groups in total. The summed E-state index contributed by atoms with van der Waals surface area (Å²) in [5.74, 6) is -0.176. The Morgan fingerprint density at radius 1 is 1.23 bits per heavy atom. The van der Waals surface area contributed by atoms with Gasteiger partial charge in [-0.3, -0.25) is 4.79 Å². The molecule has 1 atom stereocenters. The summed E-state index contributed by atoms with van der Waals surface area (Å²) in [4.78, 5) is 19.6. The van der Waals surface area contributed by atoms with Crippen LogP contribution in [0, 0.1) is 0 Å². The van der Waals surface area contributed by atoms with Crippen LogP contribution in [0.3, 0.4) is 0 Å². The van der Waals surface area contributed by atoms with Crippen LogP contribution in [0.5, 0.6) is 0 Å². The lowest BCUT2D eigenvalue weighted by molar-refractivity contribution is 0.0935. The number of nitrogens with zero attached hydrogens (tertiary/aromatic N) is 3. The highest BCUT2D eigenvalue weighted by Crippen LogP contribution is 2.24. The number of aromatic nitrogens is 4. The predicted octanol–water partition coefficient (Wildman–Crippen LogP) is 3.89. The van der Waals surface area contributed by atoms with E-state index >= 15 is 0 Å². The molecule has 130 valence electrons. The molecule has 0 aliphatic rings. The minimum atomic E-state index is -0.176. The molecule has 2 heterocycles. The van der Waals surface area contributed by atoms with Crippen LogP contribution in [0.25, 0.3) is 16.6 Å². The third-order valence-corrected chi connectivity index (χ3v) is 4.61. The van der Waals surface area contributed by atoms with Gasteiger partial charge in [0.15, 0.2) is 0 Å². The number of carbonyl (C=O) groups is 1. The van der Waals surface area contributed by atoms with Gasteiger partial charge in [-0.25, -0.2) is 9.67 Å². The molecule has 0 saturated heterocycles. The molecular formula is C19H16ClN5O. The van der Waals surface area contributed by atoms with Gasteiger partial charge < -0.3 is 10.3 Å². The summed E-state index contributed by atoms with van der Waals surface area (Å²) in [7, 11) is 0. The topological polar surface area (TPSA) is 75.6 Å². The van der Waals surface area contributed by atoms with Gasteiger partial charge in [-0.05, 0) is 42.8 Å². The number of benzene rings is 2. The highest BCUT2D eigenvalue weighted by atomic mass is 35.5. The first-order chi connectivity index (χ1) is 12.6. The van der Waals surface area contributed by atoms with Crippen molar-refractivity contribution in [3.63, 3.8) is 0 Å². The number of rotatable bonds is 4. The van der Waals surface area contributed by atoms with E-state index in [2.05, 4.69) is 20.4 Å². The van der Waals surface area contributed by atoms with Crippen molar-refractivity contribution in [3.05, 3.63) is 77.5 Å². The fraction of sp³-hybridized carbons (Fsp3) is 0.105. The smallest absolute Gasteiger partial charge is 0.268 e. The van der Waals surface area contributed by atoms with E-state index in [1.165, 1.54) is 6.33 Å². The van der Waals surface area contributed by atoms with Crippen LogP contribution >= 0.6 is 11.6 Å². The summed E-state index contributed by atoms with van der Waals surface area (Å²) < 4.78 is 1.68. The van der Waals surface area contributed by atoms with E-state index in [9.17, 15) is 4.79 Å². The number of hydrogen-bond donors (Lipinski definition) is 2. The largest absolute Gasteiger partial charge is 0.350 e. The van der Waals surface area contributed by atoms with Crippen molar-refractivity contribution in [1.82, 2.24) is 25.1 Å². The van der Waals surface area contributed by atoms with Crippen LogP contribution in [-0.2, 0) is 0 Å². The SMILES string of the molecule is C[C@@H](NC(=O)c1cc2c(Cl)cccc2[nH]1)c1ccc(-n2cncn2)cc1. The quantitative estimate of drug-likeness (QED) is 0.576. The maximum atomic E-state index is 12.6. The van der Waals surface area contributed by atoms with E-state index in [0.717, 1.165) is 22.2 Å². The molecule has 0 saturated carbocycles. The van der Waals surface area contributed by atoms with Gasteiger partial charge in [0, 0.05) is 15.9 Å². The number of nitrogens with one attached hydrogen (secondary N) is 2. The molecule has 6 nitrogen and oxygen atoms in total. The Bertz CT molecular complexity index is 1050. The molecule has 2 aromatic heterocycles. The van der Waals surface area contributed by atoms with E-state index in [4.69, 9.17) is 11.6 Å². The number of halogens is 1. The molecule has 0 aliphatic carbocycles. The van der Waals surface area contributed by atoms with Crippen molar-refractivity contribution < 1.29 is 4.79 Å². The van der Waals surface area contributed by atoms with Crippen LogP contribution in [0.2, 0.25) is 5.02 Å². The number of aromatic amines is 1. The lowest BCUT2D eigenvalue weighted by Gasteiger charge is -2.14. The molecule has 4 aromatic rings. The fourth-order valence-electron chi connectivity index (χ4n) is 2.86. The second kappa shape index (κ2) is 6.65. The van der Waals surface area contributed by atoms with Gasteiger partial charge in [0.2, 0.25) is 0 Å². The minimum Gasteiger partial charge on any atom is -0.350 e. The van der Waals surface area contributed by atoms with Crippen molar-refractivity contribution in [2.45, 2.75) is 13.0 Å². The summed E-state index contributed by atoms with van der Waals surface area (Å²) in [6.07, 6.45) is 3.13. The average molecular weight is 366 g/mol. The molecule has 1 amide bonds. The number of fused-ring (bicyclic) bond motifs is 1. The van der Waals surface area contributed by atoms with Gasteiger partial charge >= 0.3 is 0 Å². The van der Waals surface area contributed by atoms with Gasteiger partial charge in [0.05, 0.1) is 11.7 Å². The molecule has 2 aromatic carbocycles. The van der Waals surface area contributed by atoms with Crippen LogP contribution in [0.15, 0.2) is 61.2 Å². The van der Waals surface area contributed by atoms with Crippen LogP contribution < -0.4 is 5.32 Å². The molecule has 26 heavy (non-hydrogen) atoms. The third-order valence-electron chi connectivity index (χ3n) is 4.28. The van der Waals surface area contributed by atoms with E-state index < -0.39 is 0 Å². The van der Waals surface area contributed by atoms with Crippen LogP contribution in [-0.4, -0.2) is 25.7 Å². The van der Waals surface area contributed by atoms with E-state index in [0.29, 0.717) is 10.7 Å². The Hall–Kier alpha value is -3.12. The Morgan fingerprint density at radius 2 is 2.04 bits per heavy atom. The first kappa shape index (κ1) is 16.4. The Balaban J connectivity index is 1.50. The molecule has 7 heteroatoms. The van der Waals surface area contributed by atoms with E-state index in [-0.39, 0.29) is 11.9 Å². The molecule has 0 bridgehead atoms. The number of hydrogen-bond acceptors (Lipinski definition) is 3. The molecular weight excluding hydrogens is 350 g/mol. The monoisotopic (exact) mass is 365 g/mol. The zero-order chi connectivity index (χ0) is 18.1. The van der Waals surface area contributed by atoms with Crippen molar-refractivity contribution >= 4 is 28.4 Å². The Kier molecular flexibility index (Phi) is 4.18. The van der Waals surface area contributed by atoms with Gasteiger partial charge in [0.1, 0.15) is 18.3 Å². The highest BCUT2D eigenvalue weighted by molar-refractivity contribution is 6.35. The lowest BCUT2D eigenvalue weighted by Crippen LogP contribution is -2.26. The van der Waals surface area contributed by atoms with E-state index in [1.807, 2.05) is 43.3 Å². The first-order valence-corrected chi connectivity index (χ1v) is 8.52. The molecule has 0 unspecified atom stereocenters. The molecule has 4 rings (SSSR count). The first-order valence-electron chi connectivity index (χ1n) is 8.15. The van der Waals surface area contributed by atoms with Crippen molar-refractivity contribution in [2.75, 3.05) is 0 Å². The fourth-order valence-corrected chi connectivity index (χ4v) is 3.08. The predicted molar refractivity (Wildman–Crippen MR) is 101 cm³/mol. The molecule has 0 spiro atoms. The van der Waals surface area contributed by atoms with Gasteiger partial charge in [0.25, 0.3) is 5.91 Å². The second-order valence-corrected chi connectivity index (χ2v) is 6.42. The minimum absolute atomic E-state index is 0.144. The van der Waals surface area contributed by atoms with Crippen molar-refractivity contribution in [2.24, 2.45) is 0 Å². The second-order valence-electron chi connectivity index (χ2n) is 6.01. The molecule has 0 fully saturated rings. The van der Waals surface area contributed by atoms with Crippen LogP contribution in [0.4, 0.5) is 0 Å². The normalized spacial score (nSPS) is 12.2. The zero-order valence-electron chi connectivity index (χ0n) is 14.0. The summed E-state index contributed by atoms with van der Waals surface area (Å²) >= 11 is 6.17. The maximum Gasteiger partial charge on any atom is 0.268 e. The number of amides is 1. The maximum absolute atomic E-state index is 12.6. The highest BCUT2D eigenvalue weighted by Gasteiger charge is 2.14. The van der Waals surface area contributed by atoms with Gasteiger partial charge in [-0.1, -0.05) is 29.8 Å². The van der Waals surface area contributed by atoms with Gasteiger partial charge in [-0.15, -0.1) is 0 Å². The van der Waals surface area contributed by atoms with Gasteiger partial charge in [-0.2, -0.15) is 5.10 Å². The van der Waals surface area contributed by atoms with E-state index in [1.54, 1.807) is 23.1 Å².